The fourth-order valence-corrected chi connectivity index (χ4v) is 2.73. The van der Waals surface area contributed by atoms with Gasteiger partial charge in [0.1, 0.15) is 5.75 Å². The lowest BCUT2D eigenvalue weighted by Crippen LogP contribution is -2.36. The number of aliphatic hydroxyl groups is 1. The number of aliphatic hydroxyl groups excluding tert-OH is 1. The van der Waals surface area contributed by atoms with Gasteiger partial charge in [-0.1, -0.05) is 25.5 Å². The Morgan fingerprint density at radius 1 is 1.30 bits per heavy atom. The van der Waals surface area contributed by atoms with E-state index in [0.717, 1.165) is 44.8 Å². The average molecular weight is 277 g/mol. The molecule has 3 nitrogen and oxygen atoms in total. The molecule has 0 aromatic heterocycles. The molecule has 1 aromatic rings. The fourth-order valence-electron chi connectivity index (χ4n) is 2.73. The second-order valence-corrected chi connectivity index (χ2v) is 5.77. The Morgan fingerprint density at radius 2 is 2.10 bits per heavy atom. The molecule has 0 aliphatic carbocycles. The first-order valence-corrected chi connectivity index (χ1v) is 7.86. The molecule has 1 unspecified atom stereocenters. The molecule has 0 bridgehead atoms. The van der Waals surface area contributed by atoms with E-state index in [1.165, 1.54) is 18.4 Å². The van der Waals surface area contributed by atoms with Crippen LogP contribution in [0, 0.1) is 5.92 Å². The fraction of sp³-hybridized carbons (Fsp3) is 0.647. The van der Waals surface area contributed by atoms with E-state index in [9.17, 15) is 5.11 Å². The third-order valence-corrected chi connectivity index (χ3v) is 3.96. The van der Waals surface area contributed by atoms with Crippen molar-refractivity contribution in [2.75, 3.05) is 26.3 Å². The van der Waals surface area contributed by atoms with Crippen LogP contribution in [0.2, 0.25) is 0 Å². The lowest BCUT2D eigenvalue weighted by Gasteiger charge is -2.31. The van der Waals surface area contributed by atoms with Gasteiger partial charge in [-0.15, -0.1) is 0 Å². The molecule has 0 saturated carbocycles. The van der Waals surface area contributed by atoms with Crippen molar-refractivity contribution in [1.29, 1.82) is 0 Å². The first kappa shape index (κ1) is 15.3. The molecule has 20 heavy (non-hydrogen) atoms. The van der Waals surface area contributed by atoms with Gasteiger partial charge in [-0.05, 0) is 49.4 Å². The van der Waals surface area contributed by atoms with Crippen LogP contribution in [0.4, 0.5) is 0 Å². The van der Waals surface area contributed by atoms with Gasteiger partial charge in [-0.25, -0.2) is 0 Å². The zero-order valence-electron chi connectivity index (χ0n) is 12.6. The number of unbranched alkanes of at least 4 members (excludes halogenated alkanes) is 1. The van der Waals surface area contributed by atoms with Crippen LogP contribution in [0.15, 0.2) is 24.3 Å². The quantitative estimate of drug-likeness (QED) is 0.778. The van der Waals surface area contributed by atoms with Crippen LogP contribution >= 0.6 is 0 Å². The molecule has 1 fully saturated rings. The second-order valence-electron chi connectivity index (χ2n) is 5.77. The maximum Gasteiger partial charge on any atom is 0.119 e. The summed E-state index contributed by atoms with van der Waals surface area (Å²) >= 11 is 0. The van der Waals surface area contributed by atoms with Crippen LogP contribution < -0.4 is 4.74 Å². The average Bonchev–Trinajstić information content (AvgIpc) is 2.49. The van der Waals surface area contributed by atoms with Gasteiger partial charge in [0.15, 0.2) is 0 Å². The summed E-state index contributed by atoms with van der Waals surface area (Å²) in [6.07, 6.45) is 4.64. The van der Waals surface area contributed by atoms with Crippen molar-refractivity contribution in [1.82, 2.24) is 4.90 Å². The topological polar surface area (TPSA) is 32.7 Å². The predicted molar refractivity (Wildman–Crippen MR) is 81.9 cm³/mol. The minimum Gasteiger partial charge on any atom is -0.494 e. The lowest BCUT2D eigenvalue weighted by atomic mass is 9.98. The molecule has 0 amide bonds. The summed E-state index contributed by atoms with van der Waals surface area (Å²) in [6, 6.07) is 8.45. The highest BCUT2D eigenvalue weighted by Crippen LogP contribution is 2.19. The highest BCUT2D eigenvalue weighted by molar-refractivity contribution is 5.27. The Morgan fingerprint density at radius 3 is 2.80 bits per heavy atom. The highest BCUT2D eigenvalue weighted by Gasteiger charge is 2.18. The Kier molecular flexibility index (Phi) is 6.34. The molecule has 3 heteroatoms. The lowest BCUT2D eigenvalue weighted by molar-refractivity contribution is 0.116. The second kappa shape index (κ2) is 8.28. The molecule has 0 spiro atoms. The van der Waals surface area contributed by atoms with Crippen molar-refractivity contribution in [2.24, 2.45) is 5.92 Å². The molecule has 1 aliphatic heterocycles. The summed E-state index contributed by atoms with van der Waals surface area (Å²) in [4.78, 5) is 2.44. The summed E-state index contributed by atoms with van der Waals surface area (Å²) in [6.45, 7) is 6.44. The highest BCUT2D eigenvalue weighted by atomic mass is 16.5. The van der Waals surface area contributed by atoms with Crippen molar-refractivity contribution < 1.29 is 9.84 Å². The Hall–Kier alpha value is -1.06. The third-order valence-electron chi connectivity index (χ3n) is 3.96. The van der Waals surface area contributed by atoms with Gasteiger partial charge in [0.05, 0.1) is 6.61 Å². The van der Waals surface area contributed by atoms with Gasteiger partial charge in [-0.2, -0.15) is 0 Å². The first-order valence-electron chi connectivity index (χ1n) is 7.86. The number of benzene rings is 1. The van der Waals surface area contributed by atoms with E-state index in [1.807, 2.05) is 0 Å². The summed E-state index contributed by atoms with van der Waals surface area (Å²) in [5.41, 5.74) is 1.33. The van der Waals surface area contributed by atoms with Crippen LogP contribution in [-0.4, -0.2) is 36.3 Å². The first-order chi connectivity index (χ1) is 9.81. The van der Waals surface area contributed by atoms with Crippen LogP contribution in [0.25, 0.3) is 0 Å². The van der Waals surface area contributed by atoms with Crippen molar-refractivity contribution in [3.05, 3.63) is 29.8 Å². The van der Waals surface area contributed by atoms with Crippen molar-refractivity contribution in [3.8, 4) is 5.75 Å². The van der Waals surface area contributed by atoms with E-state index in [-0.39, 0.29) is 0 Å². The molecule has 1 atom stereocenters. The Labute approximate surface area is 122 Å². The molecule has 2 rings (SSSR count). The van der Waals surface area contributed by atoms with E-state index < -0.39 is 0 Å². The maximum atomic E-state index is 9.27. The van der Waals surface area contributed by atoms with Crippen LogP contribution in [0.5, 0.6) is 5.75 Å². The summed E-state index contributed by atoms with van der Waals surface area (Å²) in [5.74, 6) is 1.43. The van der Waals surface area contributed by atoms with E-state index in [2.05, 4.69) is 36.1 Å². The number of rotatable bonds is 7. The normalized spacial score (nSPS) is 20.0. The summed E-state index contributed by atoms with van der Waals surface area (Å²) in [5, 5.41) is 9.27. The van der Waals surface area contributed by atoms with Crippen molar-refractivity contribution >= 4 is 0 Å². The minimum absolute atomic E-state index is 0.320. The molecule has 1 N–H and O–H groups in total. The standard InChI is InChI=1S/C17H27NO2/c1-2-3-11-20-17-8-6-15(7-9-17)12-18-10-4-5-16(13-18)14-19/h6-9,16,19H,2-5,10-14H2,1H3. The largest absolute Gasteiger partial charge is 0.494 e. The smallest absolute Gasteiger partial charge is 0.119 e. The number of piperidine rings is 1. The summed E-state index contributed by atoms with van der Waals surface area (Å²) < 4.78 is 5.68. The monoisotopic (exact) mass is 277 g/mol. The minimum atomic E-state index is 0.320. The van der Waals surface area contributed by atoms with Crippen LogP contribution in [0.3, 0.4) is 0 Å². The van der Waals surface area contributed by atoms with E-state index >= 15 is 0 Å². The Balaban J connectivity index is 1.80. The molecular formula is C17H27NO2. The number of hydrogen-bond acceptors (Lipinski definition) is 3. The molecule has 0 radical (unpaired) electrons. The van der Waals surface area contributed by atoms with Gasteiger partial charge >= 0.3 is 0 Å². The number of hydrogen-bond donors (Lipinski definition) is 1. The van der Waals surface area contributed by atoms with E-state index in [0.29, 0.717) is 12.5 Å². The maximum absolute atomic E-state index is 9.27. The molecular weight excluding hydrogens is 250 g/mol. The molecule has 1 aliphatic rings. The molecule has 112 valence electrons. The van der Waals surface area contributed by atoms with Gasteiger partial charge in [-0.3, -0.25) is 4.90 Å². The summed E-state index contributed by atoms with van der Waals surface area (Å²) in [7, 11) is 0. The van der Waals surface area contributed by atoms with Crippen molar-refractivity contribution in [2.45, 2.75) is 39.2 Å². The van der Waals surface area contributed by atoms with Crippen molar-refractivity contribution in [3.63, 3.8) is 0 Å². The number of likely N-dealkylation sites (tertiary alicyclic amines) is 1. The van der Waals surface area contributed by atoms with Gasteiger partial charge in [0, 0.05) is 19.7 Å². The van der Waals surface area contributed by atoms with Crippen LogP contribution in [-0.2, 0) is 6.54 Å². The van der Waals surface area contributed by atoms with E-state index in [4.69, 9.17) is 4.74 Å². The number of ether oxygens (including phenoxy) is 1. The van der Waals surface area contributed by atoms with Gasteiger partial charge in [0.25, 0.3) is 0 Å². The zero-order valence-corrected chi connectivity index (χ0v) is 12.6. The predicted octanol–water partition coefficient (Wildman–Crippen LogP) is 3.07. The van der Waals surface area contributed by atoms with Gasteiger partial charge < -0.3 is 9.84 Å². The van der Waals surface area contributed by atoms with E-state index in [1.54, 1.807) is 0 Å². The third kappa shape index (κ3) is 4.80. The molecule has 1 heterocycles. The van der Waals surface area contributed by atoms with Gasteiger partial charge in [0.2, 0.25) is 0 Å². The van der Waals surface area contributed by atoms with Crippen LogP contribution in [0.1, 0.15) is 38.2 Å². The Bertz CT molecular complexity index is 377. The SMILES string of the molecule is CCCCOc1ccc(CN2CCCC(CO)C2)cc1. The molecule has 1 aromatic carbocycles. The molecule has 1 saturated heterocycles. The zero-order chi connectivity index (χ0) is 14.2. The number of nitrogens with zero attached hydrogens (tertiary/aromatic N) is 1.